The minimum Gasteiger partial charge on any atom is -0.449 e. The maximum Gasteiger partial charge on any atom is 0.490 e. The van der Waals surface area contributed by atoms with E-state index in [4.69, 9.17) is 16.3 Å². The number of benzene rings is 2. The van der Waals surface area contributed by atoms with E-state index in [0.717, 1.165) is 48.8 Å². The highest BCUT2D eigenvalue weighted by Crippen LogP contribution is 2.26. The summed E-state index contributed by atoms with van der Waals surface area (Å²) in [7, 11) is 0. The average Bonchev–Trinajstić information content (AvgIpc) is 3.27. The van der Waals surface area contributed by atoms with Crippen molar-refractivity contribution in [3.8, 4) is 0 Å². The van der Waals surface area contributed by atoms with Gasteiger partial charge in [-0.25, -0.2) is 4.79 Å². The van der Waals surface area contributed by atoms with E-state index in [1.165, 1.54) is 6.07 Å². The van der Waals surface area contributed by atoms with Crippen molar-refractivity contribution in [2.45, 2.75) is 50.9 Å². The summed E-state index contributed by atoms with van der Waals surface area (Å²) in [6.07, 6.45) is -0.620. The van der Waals surface area contributed by atoms with E-state index < -0.39 is 18.2 Å². The quantitative estimate of drug-likeness (QED) is 0.357. The molecule has 0 spiro atoms. The summed E-state index contributed by atoms with van der Waals surface area (Å²) in [5.41, 5.74) is 2.85. The Morgan fingerprint density at radius 3 is 2.59 bits per heavy atom. The summed E-state index contributed by atoms with van der Waals surface area (Å²) >= 11 is 5.99. The van der Waals surface area contributed by atoms with Crippen LogP contribution >= 0.6 is 11.6 Å². The number of esters is 1. The van der Waals surface area contributed by atoms with Gasteiger partial charge in [-0.15, -0.1) is 0 Å². The first-order valence-electron chi connectivity index (χ1n) is 12.3. The molecule has 10 heteroatoms. The van der Waals surface area contributed by atoms with Crippen LogP contribution in [0.3, 0.4) is 0 Å². The lowest BCUT2D eigenvalue weighted by Crippen LogP contribution is -2.35. The van der Waals surface area contributed by atoms with Crippen LogP contribution in [0.2, 0.25) is 5.02 Å². The Hall–Kier alpha value is -3.04. The summed E-state index contributed by atoms with van der Waals surface area (Å²) in [5.74, 6) is -2.22. The first-order chi connectivity index (χ1) is 17.6. The predicted octanol–water partition coefficient (Wildman–Crippen LogP) is 5.81. The van der Waals surface area contributed by atoms with Gasteiger partial charge in [0.15, 0.2) is 0 Å². The molecule has 2 aromatic carbocycles. The van der Waals surface area contributed by atoms with Crippen LogP contribution in [0.1, 0.15) is 53.8 Å². The normalized spacial score (nSPS) is 16.0. The number of nitrogens with zero attached hydrogens (tertiary/aromatic N) is 1. The van der Waals surface area contributed by atoms with Crippen molar-refractivity contribution in [3.63, 3.8) is 0 Å². The van der Waals surface area contributed by atoms with Gasteiger partial charge < -0.3 is 19.9 Å². The van der Waals surface area contributed by atoms with Gasteiger partial charge in [-0.3, -0.25) is 4.79 Å². The topological polar surface area (TPSA) is 74.4 Å². The summed E-state index contributed by atoms with van der Waals surface area (Å²) in [6, 6.07) is 11.7. The zero-order chi connectivity index (χ0) is 26.6. The van der Waals surface area contributed by atoms with Crippen LogP contribution in [-0.2, 0) is 16.0 Å². The number of piperidine rings is 1. The Labute approximate surface area is 218 Å². The van der Waals surface area contributed by atoms with Gasteiger partial charge in [0.05, 0.1) is 0 Å². The van der Waals surface area contributed by atoms with Crippen molar-refractivity contribution in [1.29, 1.82) is 0 Å². The van der Waals surface area contributed by atoms with Crippen LogP contribution in [0.25, 0.3) is 10.9 Å². The van der Waals surface area contributed by atoms with Crippen LogP contribution in [0, 0.1) is 0 Å². The Kier molecular flexibility index (Phi) is 8.44. The molecule has 6 nitrogen and oxygen atoms in total. The molecule has 0 aliphatic carbocycles. The number of likely N-dealkylation sites (tertiary alicyclic amines) is 1. The second-order valence-corrected chi connectivity index (χ2v) is 9.82. The molecule has 4 rings (SSSR count). The SMILES string of the molecule is C[C@H](Cc1c[nH]c2cc(C(=O)N3CCCCC3)ccc12)NC[C@@H](OC(=O)C(F)(F)F)c1cccc(Cl)c1. The number of fused-ring (bicyclic) bond motifs is 1. The number of nitrogens with one attached hydrogen (secondary N) is 2. The molecule has 1 aromatic heterocycles. The zero-order valence-corrected chi connectivity index (χ0v) is 21.2. The van der Waals surface area contributed by atoms with Crippen molar-refractivity contribution in [2.24, 2.45) is 0 Å². The lowest BCUT2D eigenvalue weighted by atomic mass is 10.0. The number of carbonyl (C=O) groups excluding carboxylic acids is 2. The zero-order valence-electron chi connectivity index (χ0n) is 20.4. The molecule has 2 N–H and O–H groups in total. The number of H-pyrrole nitrogens is 1. The van der Waals surface area contributed by atoms with Crippen molar-refractivity contribution in [2.75, 3.05) is 19.6 Å². The first kappa shape index (κ1) is 27.0. The largest absolute Gasteiger partial charge is 0.490 e. The molecule has 1 aliphatic heterocycles. The number of halogens is 4. The van der Waals surface area contributed by atoms with E-state index in [1.807, 2.05) is 36.2 Å². The van der Waals surface area contributed by atoms with Crippen molar-refractivity contribution < 1.29 is 27.5 Å². The molecular formula is C27H29ClF3N3O3. The highest BCUT2D eigenvalue weighted by atomic mass is 35.5. The molecule has 1 fully saturated rings. The van der Waals surface area contributed by atoms with Crippen LogP contribution in [0.5, 0.6) is 0 Å². The molecule has 0 bridgehead atoms. The van der Waals surface area contributed by atoms with Gasteiger partial charge in [0.2, 0.25) is 0 Å². The molecule has 1 amide bonds. The Morgan fingerprint density at radius 2 is 1.89 bits per heavy atom. The molecule has 0 radical (unpaired) electrons. The van der Waals surface area contributed by atoms with Crippen LogP contribution in [0.4, 0.5) is 13.2 Å². The second kappa shape index (κ2) is 11.6. The number of aromatic amines is 1. The molecule has 2 atom stereocenters. The summed E-state index contributed by atoms with van der Waals surface area (Å²) in [6.45, 7) is 3.43. The number of amides is 1. The standard InChI is InChI=1S/C27H29ClF3N3O3/c1-17(32-16-24(37-26(36)27(29,30)31)18-6-5-7-21(28)13-18)12-20-15-33-23-14-19(8-9-22(20)23)25(35)34-10-3-2-4-11-34/h5-9,13-15,17,24,32-33H,2-4,10-12,16H2,1H3/t17-,24-/m1/s1. The van der Waals surface area contributed by atoms with Crippen LogP contribution < -0.4 is 5.32 Å². The fourth-order valence-electron chi connectivity index (χ4n) is 4.61. The Bertz CT molecular complexity index is 1250. The highest BCUT2D eigenvalue weighted by molar-refractivity contribution is 6.30. The highest BCUT2D eigenvalue weighted by Gasteiger charge is 2.42. The van der Waals surface area contributed by atoms with Gasteiger partial charge in [0.1, 0.15) is 6.10 Å². The molecule has 1 saturated heterocycles. The number of hydrogen-bond donors (Lipinski definition) is 2. The maximum atomic E-state index is 12.8. The van der Waals surface area contributed by atoms with E-state index >= 15 is 0 Å². The number of aromatic nitrogens is 1. The van der Waals surface area contributed by atoms with Gasteiger partial charge >= 0.3 is 12.1 Å². The van der Waals surface area contributed by atoms with Gasteiger partial charge in [-0.2, -0.15) is 13.2 Å². The third-order valence-electron chi connectivity index (χ3n) is 6.54. The first-order valence-corrected chi connectivity index (χ1v) is 12.7. The molecule has 37 heavy (non-hydrogen) atoms. The van der Waals surface area contributed by atoms with E-state index in [9.17, 15) is 22.8 Å². The van der Waals surface area contributed by atoms with Crippen molar-refractivity contribution in [1.82, 2.24) is 15.2 Å². The minimum absolute atomic E-state index is 0.0276. The van der Waals surface area contributed by atoms with E-state index in [0.29, 0.717) is 22.6 Å². The molecule has 198 valence electrons. The fourth-order valence-corrected chi connectivity index (χ4v) is 4.81. The van der Waals surface area contributed by atoms with Crippen molar-refractivity contribution in [3.05, 3.63) is 70.4 Å². The molecule has 0 saturated carbocycles. The van der Waals surface area contributed by atoms with Gasteiger partial charge in [0, 0.05) is 53.4 Å². The summed E-state index contributed by atoms with van der Waals surface area (Å²) < 4.78 is 43.3. The molecule has 3 aromatic rings. The summed E-state index contributed by atoms with van der Waals surface area (Å²) in [5, 5.41) is 4.47. The molecule has 1 aliphatic rings. The van der Waals surface area contributed by atoms with Crippen LogP contribution in [-0.4, -0.2) is 53.6 Å². The Balaban J connectivity index is 1.42. The second-order valence-electron chi connectivity index (χ2n) is 9.39. The lowest BCUT2D eigenvalue weighted by molar-refractivity contribution is -0.205. The van der Waals surface area contributed by atoms with Gasteiger partial charge in [0.25, 0.3) is 5.91 Å². The van der Waals surface area contributed by atoms with Crippen molar-refractivity contribution >= 4 is 34.4 Å². The molecule has 2 heterocycles. The minimum atomic E-state index is -5.10. The number of carbonyl (C=O) groups is 2. The molecular weight excluding hydrogens is 507 g/mol. The van der Waals surface area contributed by atoms with E-state index in [1.54, 1.807) is 18.2 Å². The smallest absolute Gasteiger partial charge is 0.449 e. The van der Waals surface area contributed by atoms with E-state index in [2.05, 4.69) is 10.3 Å². The number of hydrogen-bond acceptors (Lipinski definition) is 4. The van der Waals surface area contributed by atoms with Crippen LogP contribution in [0.15, 0.2) is 48.7 Å². The third kappa shape index (κ3) is 6.84. The lowest BCUT2D eigenvalue weighted by Gasteiger charge is -2.26. The summed E-state index contributed by atoms with van der Waals surface area (Å²) in [4.78, 5) is 29.5. The number of ether oxygens (including phenoxy) is 1. The van der Waals surface area contributed by atoms with Gasteiger partial charge in [-0.05, 0) is 68.0 Å². The third-order valence-corrected chi connectivity index (χ3v) is 6.77. The number of alkyl halides is 3. The van der Waals surface area contributed by atoms with E-state index in [-0.39, 0.29) is 18.5 Å². The molecule has 0 unspecified atom stereocenters. The number of rotatable bonds is 8. The monoisotopic (exact) mass is 535 g/mol. The Morgan fingerprint density at radius 1 is 1.14 bits per heavy atom. The average molecular weight is 536 g/mol. The predicted molar refractivity (Wildman–Crippen MR) is 136 cm³/mol. The fraction of sp³-hybridized carbons (Fsp3) is 0.407. The van der Waals surface area contributed by atoms with Gasteiger partial charge in [-0.1, -0.05) is 29.8 Å². The maximum absolute atomic E-state index is 12.8.